The van der Waals surface area contributed by atoms with Gasteiger partial charge in [-0.25, -0.2) is 4.79 Å². The molecule has 2 aromatic rings. The van der Waals surface area contributed by atoms with E-state index in [4.69, 9.17) is 15.2 Å². The lowest BCUT2D eigenvalue weighted by Crippen LogP contribution is -2.14. The Morgan fingerprint density at radius 1 is 1.21 bits per heavy atom. The van der Waals surface area contributed by atoms with Crippen LogP contribution in [-0.4, -0.2) is 17.6 Å². The number of aromatic nitrogens is 1. The fourth-order valence-corrected chi connectivity index (χ4v) is 1.40. The Morgan fingerprint density at radius 3 is 2.68 bits per heavy atom. The molecule has 1 heterocycles. The van der Waals surface area contributed by atoms with Crippen LogP contribution in [0.5, 0.6) is 5.75 Å². The van der Waals surface area contributed by atoms with E-state index in [2.05, 4.69) is 4.98 Å². The summed E-state index contributed by atoms with van der Waals surface area (Å²) in [6.07, 6.45) is 3.31. The largest absolute Gasteiger partial charge is 0.482 e. The predicted molar refractivity (Wildman–Crippen MR) is 70.4 cm³/mol. The van der Waals surface area contributed by atoms with Gasteiger partial charge >= 0.3 is 5.97 Å². The minimum absolute atomic E-state index is 0.135. The van der Waals surface area contributed by atoms with E-state index < -0.39 is 5.97 Å². The van der Waals surface area contributed by atoms with Crippen LogP contribution in [0.25, 0.3) is 0 Å². The van der Waals surface area contributed by atoms with E-state index in [0.29, 0.717) is 11.4 Å². The molecule has 0 atom stereocenters. The van der Waals surface area contributed by atoms with E-state index in [0.717, 1.165) is 5.56 Å². The molecule has 0 radical (unpaired) electrons. The summed E-state index contributed by atoms with van der Waals surface area (Å²) in [5.41, 5.74) is 7.02. The van der Waals surface area contributed by atoms with E-state index >= 15 is 0 Å². The number of benzene rings is 1. The summed E-state index contributed by atoms with van der Waals surface area (Å²) in [6.45, 7) is 0.0575. The summed E-state index contributed by atoms with van der Waals surface area (Å²) in [5, 5.41) is 0. The molecule has 2 rings (SSSR count). The molecule has 1 aromatic heterocycles. The Hall–Kier alpha value is -2.56. The monoisotopic (exact) mass is 258 g/mol. The topological polar surface area (TPSA) is 74.4 Å². The first-order valence-electron chi connectivity index (χ1n) is 5.77. The zero-order valence-electron chi connectivity index (χ0n) is 10.3. The van der Waals surface area contributed by atoms with Gasteiger partial charge in [-0.05, 0) is 30.3 Å². The van der Waals surface area contributed by atoms with Crippen LogP contribution in [0.1, 0.15) is 5.56 Å². The standard InChI is InChI=1S/C14H14N2O3/c15-12-3-5-13(6-4-12)18-10-14(17)19-9-11-2-1-7-16-8-11/h1-8H,9-10,15H2. The molecule has 0 fully saturated rings. The third-order valence-corrected chi connectivity index (χ3v) is 2.36. The van der Waals surface area contributed by atoms with Crippen LogP contribution < -0.4 is 10.5 Å². The molecule has 0 unspecified atom stereocenters. The third-order valence-electron chi connectivity index (χ3n) is 2.36. The van der Waals surface area contributed by atoms with Crippen LogP contribution in [0.15, 0.2) is 48.8 Å². The van der Waals surface area contributed by atoms with Crippen LogP contribution in [0.2, 0.25) is 0 Å². The molecule has 1 aromatic carbocycles. The lowest BCUT2D eigenvalue weighted by Gasteiger charge is -2.07. The molecule has 5 nitrogen and oxygen atoms in total. The van der Waals surface area contributed by atoms with E-state index in [1.807, 2.05) is 6.07 Å². The molecule has 5 heteroatoms. The predicted octanol–water partition coefficient (Wildman–Crippen LogP) is 1.79. The number of rotatable bonds is 5. The summed E-state index contributed by atoms with van der Waals surface area (Å²) in [7, 11) is 0. The van der Waals surface area contributed by atoms with Crippen molar-refractivity contribution in [1.29, 1.82) is 0 Å². The number of carbonyl (C=O) groups is 1. The Kier molecular flexibility index (Phi) is 4.34. The molecule has 98 valence electrons. The van der Waals surface area contributed by atoms with Gasteiger partial charge < -0.3 is 15.2 Å². The minimum atomic E-state index is -0.430. The number of nitrogens with two attached hydrogens (primary N) is 1. The Bertz CT molecular complexity index is 526. The van der Waals surface area contributed by atoms with Crippen molar-refractivity contribution < 1.29 is 14.3 Å². The van der Waals surface area contributed by atoms with Gasteiger partial charge in [0, 0.05) is 23.6 Å². The zero-order chi connectivity index (χ0) is 13.5. The van der Waals surface area contributed by atoms with Gasteiger partial charge in [-0.15, -0.1) is 0 Å². The molecule has 0 saturated carbocycles. The maximum absolute atomic E-state index is 11.5. The zero-order valence-corrected chi connectivity index (χ0v) is 10.3. The average Bonchev–Trinajstić information content (AvgIpc) is 2.45. The number of nitrogen functional groups attached to an aromatic ring is 1. The first kappa shape index (κ1) is 12.9. The fourth-order valence-electron chi connectivity index (χ4n) is 1.40. The first-order chi connectivity index (χ1) is 9.24. The first-order valence-corrected chi connectivity index (χ1v) is 5.77. The van der Waals surface area contributed by atoms with Gasteiger partial charge in [-0.3, -0.25) is 4.98 Å². The van der Waals surface area contributed by atoms with Crippen molar-refractivity contribution in [1.82, 2.24) is 4.98 Å². The van der Waals surface area contributed by atoms with Gasteiger partial charge in [0.15, 0.2) is 6.61 Å². The average molecular weight is 258 g/mol. The highest BCUT2D eigenvalue weighted by Gasteiger charge is 2.04. The molecule has 0 amide bonds. The highest BCUT2D eigenvalue weighted by Crippen LogP contribution is 2.12. The molecule has 0 spiro atoms. The molecule has 0 aliphatic heterocycles. The van der Waals surface area contributed by atoms with Crippen molar-refractivity contribution in [2.75, 3.05) is 12.3 Å². The lowest BCUT2D eigenvalue weighted by atomic mass is 10.3. The number of anilines is 1. The SMILES string of the molecule is Nc1ccc(OCC(=O)OCc2cccnc2)cc1. The Labute approximate surface area is 111 Å². The summed E-state index contributed by atoms with van der Waals surface area (Å²) >= 11 is 0. The summed E-state index contributed by atoms with van der Waals surface area (Å²) in [6, 6.07) is 10.4. The second kappa shape index (κ2) is 6.39. The molecular weight excluding hydrogens is 244 g/mol. The maximum atomic E-state index is 11.5. The van der Waals surface area contributed by atoms with Crippen molar-refractivity contribution >= 4 is 11.7 Å². The molecular formula is C14H14N2O3. The van der Waals surface area contributed by atoms with Crippen molar-refractivity contribution in [3.05, 3.63) is 54.4 Å². The summed E-state index contributed by atoms with van der Waals surface area (Å²) in [4.78, 5) is 15.4. The summed E-state index contributed by atoms with van der Waals surface area (Å²) in [5.74, 6) is 0.146. The van der Waals surface area contributed by atoms with Crippen LogP contribution in [0, 0.1) is 0 Å². The molecule has 0 bridgehead atoms. The van der Waals surface area contributed by atoms with Crippen LogP contribution >= 0.6 is 0 Å². The number of carbonyl (C=O) groups excluding carboxylic acids is 1. The van der Waals surface area contributed by atoms with Crippen molar-refractivity contribution in [2.45, 2.75) is 6.61 Å². The van der Waals surface area contributed by atoms with E-state index in [-0.39, 0.29) is 13.2 Å². The molecule has 0 aliphatic rings. The van der Waals surface area contributed by atoms with Gasteiger partial charge in [-0.1, -0.05) is 6.07 Å². The van der Waals surface area contributed by atoms with Gasteiger partial charge in [0.05, 0.1) is 0 Å². The number of hydrogen-bond donors (Lipinski definition) is 1. The second-order valence-corrected chi connectivity index (χ2v) is 3.88. The van der Waals surface area contributed by atoms with Crippen molar-refractivity contribution in [3.63, 3.8) is 0 Å². The van der Waals surface area contributed by atoms with E-state index in [9.17, 15) is 4.79 Å². The van der Waals surface area contributed by atoms with Crippen molar-refractivity contribution in [3.8, 4) is 5.75 Å². The van der Waals surface area contributed by atoms with Crippen molar-refractivity contribution in [2.24, 2.45) is 0 Å². The summed E-state index contributed by atoms with van der Waals surface area (Å²) < 4.78 is 10.3. The van der Waals surface area contributed by atoms with Crippen LogP contribution in [0.4, 0.5) is 5.69 Å². The van der Waals surface area contributed by atoms with E-state index in [1.165, 1.54) is 0 Å². The number of hydrogen-bond acceptors (Lipinski definition) is 5. The Balaban J connectivity index is 1.74. The van der Waals surface area contributed by atoms with Gasteiger partial charge in [-0.2, -0.15) is 0 Å². The molecule has 19 heavy (non-hydrogen) atoms. The van der Waals surface area contributed by atoms with Gasteiger partial charge in [0.1, 0.15) is 12.4 Å². The van der Waals surface area contributed by atoms with E-state index in [1.54, 1.807) is 42.7 Å². The Morgan fingerprint density at radius 2 is 2.00 bits per heavy atom. The van der Waals surface area contributed by atoms with Gasteiger partial charge in [0.25, 0.3) is 0 Å². The number of esters is 1. The highest BCUT2D eigenvalue weighted by atomic mass is 16.6. The smallest absolute Gasteiger partial charge is 0.344 e. The third kappa shape index (κ3) is 4.31. The molecule has 0 saturated heterocycles. The minimum Gasteiger partial charge on any atom is -0.482 e. The number of pyridine rings is 1. The van der Waals surface area contributed by atoms with Gasteiger partial charge in [0.2, 0.25) is 0 Å². The quantitative estimate of drug-likeness (QED) is 0.653. The maximum Gasteiger partial charge on any atom is 0.344 e. The fraction of sp³-hybridized carbons (Fsp3) is 0.143. The number of nitrogens with zero attached hydrogens (tertiary/aromatic N) is 1. The molecule has 0 aliphatic carbocycles. The second-order valence-electron chi connectivity index (χ2n) is 3.88. The normalized spacial score (nSPS) is 9.89. The lowest BCUT2D eigenvalue weighted by molar-refractivity contribution is -0.147. The number of ether oxygens (including phenoxy) is 2. The van der Waals surface area contributed by atoms with Crippen LogP contribution in [0.3, 0.4) is 0 Å². The molecule has 2 N–H and O–H groups in total. The highest BCUT2D eigenvalue weighted by molar-refractivity contribution is 5.71. The van der Waals surface area contributed by atoms with Crippen LogP contribution in [-0.2, 0) is 16.1 Å².